The van der Waals surface area contributed by atoms with E-state index < -0.39 is 0 Å². The standard InChI is InChI=1S/C10H14N2O/c1-2-5-12(6-4-11)8-10-3-7-13-9-10/h3,7,9H,2,5-6,8H2,1H3. The SMILES string of the molecule is CCCN(CC#N)Cc1ccoc1. The quantitative estimate of drug-likeness (QED) is 0.647. The number of furan rings is 1. The largest absolute Gasteiger partial charge is 0.472 e. The van der Waals surface area contributed by atoms with Crippen molar-refractivity contribution in [3.63, 3.8) is 0 Å². The summed E-state index contributed by atoms with van der Waals surface area (Å²) < 4.78 is 4.96. The first-order chi connectivity index (χ1) is 6.36. The molecular weight excluding hydrogens is 164 g/mol. The Kier molecular flexibility index (Phi) is 4.07. The van der Waals surface area contributed by atoms with E-state index in [4.69, 9.17) is 9.68 Å². The molecule has 0 aliphatic heterocycles. The van der Waals surface area contributed by atoms with Gasteiger partial charge in [0.2, 0.25) is 0 Å². The van der Waals surface area contributed by atoms with Crippen LogP contribution in [0.3, 0.4) is 0 Å². The monoisotopic (exact) mass is 178 g/mol. The molecule has 0 bridgehead atoms. The molecule has 13 heavy (non-hydrogen) atoms. The maximum Gasteiger partial charge on any atom is 0.0947 e. The molecule has 0 aromatic carbocycles. The lowest BCUT2D eigenvalue weighted by atomic mass is 10.3. The lowest BCUT2D eigenvalue weighted by molar-refractivity contribution is 0.297. The molecule has 0 spiro atoms. The van der Waals surface area contributed by atoms with Crippen molar-refractivity contribution >= 4 is 0 Å². The van der Waals surface area contributed by atoms with Crippen molar-refractivity contribution in [2.24, 2.45) is 0 Å². The Hall–Kier alpha value is -1.27. The van der Waals surface area contributed by atoms with Crippen LogP contribution in [0, 0.1) is 11.3 Å². The van der Waals surface area contributed by atoms with Crippen LogP contribution in [0.25, 0.3) is 0 Å². The molecule has 3 heteroatoms. The number of nitrogens with zero attached hydrogens (tertiary/aromatic N) is 2. The molecule has 1 aromatic heterocycles. The van der Waals surface area contributed by atoms with Crippen LogP contribution < -0.4 is 0 Å². The molecule has 0 saturated heterocycles. The highest BCUT2D eigenvalue weighted by molar-refractivity contribution is 5.05. The van der Waals surface area contributed by atoms with E-state index in [1.54, 1.807) is 12.5 Å². The second-order valence-electron chi connectivity index (χ2n) is 3.00. The smallest absolute Gasteiger partial charge is 0.0947 e. The molecule has 0 aliphatic carbocycles. The van der Waals surface area contributed by atoms with E-state index in [9.17, 15) is 0 Å². The lowest BCUT2D eigenvalue weighted by Crippen LogP contribution is -2.24. The summed E-state index contributed by atoms with van der Waals surface area (Å²) in [5.41, 5.74) is 1.13. The van der Waals surface area contributed by atoms with Crippen LogP contribution in [0.15, 0.2) is 23.0 Å². The van der Waals surface area contributed by atoms with Gasteiger partial charge in [-0.3, -0.25) is 4.90 Å². The first kappa shape index (κ1) is 9.82. The molecule has 0 atom stereocenters. The van der Waals surface area contributed by atoms with Crippen molar-refractivity contribution in [2.75, 3.05) is 13.1 Å². The second-order valence-corrected chi connectivity index (χ2v) is 3.00. The summed E-state index contributed by atoms with van der Waals surface area (Å²) in [7, 11) is 0. The summed E-state index contributed by atoms with van der Waals surface area (Å²) in [6.45, 7) is 4.36. The average molecular weight is 178 g/mol. The Labute approximate surface area is 78.6 Å². The number of rotatable bonds is 5. The molecule has 0 amide bonds. The Balaban J connectivity index is 2.43. The molecular formula is C10H14N2O. The van der Waals surface area contributed by atoms with Crippen molar-refractivity contribution in [3.8, 4) is 6.07 Å². The predicted octanol–water partition coefficient (Wildman–Crippen LogP) is 2.02. The van der Waals surface area contributed by atoms with Gasteiger partial charge >= 0.3 is 0 Å². The molecule has 1 rings (SSSR count). The van der Waals surface area contributed by atoms with E-state index in [-0.39, 0.29) is 0 Å². The topological polar surface area (TPSA) is 40.2 Å². The molecule has 0 N–H and O–H groups in total. The van der Waals surface area contributed by atoms with Crippen LogP contribution in [0.5, 0.6) is 0 Å². The van der Waals surface area contributed by atoms with Crippen molar-refractivity contribution in [1.82, 2.24) is 4.90 Å². The third kappa shape index (κ3) is 3.30. The minimum atomic E-state index is 0.485. The highest BCUT2D eigenvalue weighted by Gasteiger charge is 2.04. The Morgan fingerprint density at radius 2 is 2.46 bits per heavy atom. The number of hydrogen-bond donors (Lipinski definition) is 0. The average Bonchev–Trinajstić information content (AvgIpc) is 2.58. The molecule has 70 valence electrons. The van der Waals surface area contributed by atoms with Gasteiger partial charge in [0.15, 0.2) is 0 Å². The van der Waals surface area contributed by atoms with Crippen LogP contribution in [0.1, 0.15) is 18.9 Å². The van der Waals surface area contributed by atoms with Crippen LogP contribution in [0.4, 0.5) is 0 Å². The van der Waals surface area contributed by atoms with E-state index in [0.29, 0.717) is 6.54 Å². The van der Waals surface area contributed by atoms with Crippen LogP contribution in [-0.4, -0.2) is 18.0 Å². The zero-order valence-corrected chi connectivity index (χ0v) is 7.86. The van der Waals surface area contributed by atoms with Crippen molar-refractivity contribution in [1.29, 1.82) is 5.26 Å². The molecule has 0 saturated carbocycles. The highest BCUT2D eigenvalue weighted by atomic mass is 16.3. The van der Waals surface area contributed by atoms with Gasteiger partial charge in [-0.05, 0) is 19.0 Å². The summed E-state index contributed by atoms with van der Waals surface area (Å²) in [6.07, 6.45) is 4.45. The maximum atomic E-state index is 8.58. The summed E-state index contributed by atoms with van der Waals surface area (Å²) in [4.78, 5) is 2.10. The van der Waals surface area contributed by atoms with Crippen LogP contribution in [-0.2, 0) is 6.54 Å². The first-order valence-electron chi connectivity index (χ1n) is 4.47. The van der Waals surface area contributed by atoms with Gasteiger partial charge in [-0.2, -0.15) is 5.26 Å². The third-order valence-corrected chi connectivity index (χ3v) is 1.82. The fourth-order valence-corrected chi connectivity index (χ4v) is 1.27. The fourth-order valence-electron chi connectivity index (χ4n) is 1.27. The third-order valence-electron chi connectivity index (χ3n) is 1.82. The van der Waals surface area contributed by atoms with Gasteiger partial charge in [0.05, 0.1) is 25.1 Å². The Bertz CT molecular complexity index is 261. The number of hydrogen-bond acceptors (Lipinski definition) is 3. The summed E-state index contributed by atoms with van der Waals surface area (Å²) in [5.74, 6) is 0. The molecule has 3 nitrogen and oxygen atoms in total. The van der Waals surface area contributed by atoms with E-state index in [2.05, 4.69) is 17.9 Å². The van der Waals surface area contributed by atoms with E-state index >= 15 is 0 Å². The van der Waals surface area contributed by atoms with E-state index in [0.717, 1.165) is 25.1 Å². The maximum absolute atomic E-state index is 8.58. The molecule has 0 unspecified atom stereocenters. The Morgan fingerprint density at radius 3 is 3.00 bits per heavy atom. The van der Waals surface area contributed by atoms with Gasteiger partial charge in [-0.25, -0.2) is 0 Å². The van der Waals surface area contributed by atoms with Gasteiger partial charge in [0.1, 0.15) is 0 Å². The van der Waals surface area contributed by atoms with E-state index in [1.165, 1.54) is 0 Å². The summed E-state index contributed by atoms with van der Waals surface area (Å²) in [6, 6.07) is 4.09. The molecule has 0 radical (unpaired) electrons. The van der Waals surface area contributed by atoms with Gasteiger partial charge in [0, 0.05) is 12.1 Å². The normalized spacial score (nSPS) is 10.2. The second kappa shape index (κ2) is 5.39. The lowest BCUT2D eigenvalue weighted by Gasteiger charge is -2.16. The fraction of sp³-hybridized carbons (Fsp3) is 0.500. The molecule has 1 heterocycles. The van der Waals surface area contributed by atoms with Crippen LogP contribution in [0.2, 0.25) is 0 Å². The van der Waals surface area contributed by atoms with E-state index in [1.807, 2.05) is 6.07 Å². The molecule has 0 aliphatic rings. The summed E-state index contributed by atoms with van der Waals surface area (Å²) >= 11 is 0. The van der Waals surface area contributed by atoms with Gasteiger partial charge in [0.25, 0.3) is 0 Å². The number of nitriles is 1. The Morgan fingerprint density at radius 1 is 1.62 bits per heavy atom. The zero-order chi connectivity index (χ0) is 9.52. The van der Waals surface area contributed by atoms with Crippen molar-refractivity contribution in [2.45, 2.75) is 19.9 Å². The molecule has 1 aromatic rings. The van der Waals surface area contributed by atoms with Crippen molar-refractivity contribution < 1.29 is 4.42 Å². The molecule has 0 fully saturated rings. The highest BCUT2D eigenvalue weighted by Crippen LogP contribution is 2.05. The van der Waals surface area contributed by atoms with Gasteiger partial charge in [-0.1, -0.05) is 6.92 Å². The van der Waals surface area contributed by atoms with Gasteiger partial charge in [-0.15, -0.1) is 0 Å². The first-order valence-corrected chi connectivity index (χ1v) is 4.47. The predicted molar refractivity (Wildman–Crippen MR) is 49.9 cm³/mol. The minimum absolute atomic E-state index is 0.485. The minimum Gasteiger partial charge on any atom is -0.472 e. The summed E-state index contributed by atoms with van der Waals surface area (Å²) in [5, 5.41) is 8.58. The zero-order valence-electron chi connectivity index (χ0n) is 7.86. The van der Waals surface area contributed by atoms with Crippen molar-refractivity contribution in [3.05, 3.63) is 24.2 Å². The van der Waals surface area contributed by atoms with Gasteiger partial charge < -0.3 is 4.42 Å². The van der Waals surface area contributed by atoms with Crippen LogP contribution >= 0.6 is 0 Å².